The Labute approximate surface area is 187 Å². The predicted molar refractivity (Wildman–Crippen MR) is 123 cm³/mol. The Kier molecular flexibility index (Phi) is 10.6. The quantitative estimate of drug-likeness (QED) is 0.401. The van der Waals surface area contributed by atoms with Crippen molar-refractivity contribution in [2.75, 3.05) is 0 Å². The van der Waals surface area contributed by atoms with Crippen LogP contribution in [0.15, 0.2) is 36.4 Å². The summed E-state index contributed by atoms with van der Waals surface area (Å²) in [5.41, 5.74) is 1.50. The van der Waals surface area contributed by atoms with Crippen LogP contribution in [-0.4, -0.2) is 36.6 Å². The van der Waals surface area contributed by atoms with E-state index in [1.165, 1.54) is 0 Å². The first kappa shape index (κ1) is 25.1. The van der Waals surface area contributed by atoms with Gasteiger partial charge in [-0.2, -0.15) is 0 Å². The molecule has 0 amide bonds. The number of carbonyl (C=O) groups excluding carboxylic acids is 1. The van der Waals surface area contributed by atoms with Gasteiger partial charge < -0.3 is 9.47 Å². The van der Waals surface area contributed by atoms with Gasteiger partial charge in [-0.25, -0.2) is 0 Å². The Balaban J connectivity index is 0.00000392. The van der Waals surface area contributed by atoms with Crippen LogP contribution in [0.4, 0.5) is 0 Å². The molecule has 0 aliphatic rings. The van der Waals surface area contributed by atoms with Crippen molar-refractivity contribution in [1.82, 2.24) is 0 Å². The van der Waals surface area contributed by atoms with Crippen molar-refractivity contribution in [3.63, 3.8) is 0 Å². The average molecular weight is 415 g/mol. The first-order valence-electron chi connectivity index (χ1n) is 9.39. The average Bonchev–Trinajstić information content (AvgIpc) is 2.63. The number of carbonyl (C=O) groups is 1. The van der Waals surface area contributed by atoms with E-state index in [-0.39, 0.29) is 45.2 Å². The zero-order valence-corrected chi connectivity index (χ0v) is 18.4. The van der Waals surface area contributed by atoms with Gasteiger partial charge in [0.1, 0.15) is 11.5 Å². The monoisotopic (exact) mass is 414 g/mol. The fourth-order valence-corrected chi connectivity index (χ4v) is 4.01. The van der Waals surface area contributed by atoms with Crippen LogP contribution in [0.2, 0.25) is 5.02 Å². The van der Waals surface area contributed by atoms with Crippen LogP contribution in [0.1, 0.15) is 56.5 Å². The van der Waals surface area contributed by atoms with Crippen LogP contribution in [-0.2, 0) is 0 Å². The van der Waals surface area contributed by atoms with Crippen molar-refractivity contribution in [2.45, 2.75) is 59.7 Å². The maximum absolute atomic E-state index is 12.9. The molecule has 0 saturated carbocycles. The third kappa shape index (κ3) is 6.82. The van der Waals surface area contributed by atoms with Crippen molar-refractivity contribution < 1.29 is 14.3 Å². The van der Waals surface area contributed by atoms with E-state index in [0.29, 0.717) is 16.3 Å². The number of aryl methyl sites for hydroxylation is 1. The molecule has 0 aliphatic heterocycles. The molecule has 0 bridgehead atoms. The van der Waals surface area contributed by atoms with E-state index < -0.39 is 0 Å². The van der Waals surface area contributed by atoms with Gasteiger partial charge in [0.25, 0.3) is 0 Å². The molecule has 2 aromatic carbocycles. The molecule has 28 heavy (non-hydrogen) atoms. The molecule has 3 unspecified atom stereocenters. The van der Waals surface area contributed by atoms with Crippen LogP contribution >= 0.6 is 20.2 Å². The van der Waals surface area contributed by atoms with Gasteiger partial charge in [-0.05, 0) is 66.0 Å². The summed E-state index contributed by atoms with van der Waals surface area (Å²) in [6, 6.07) is 11.3. The Bertz CT molecular complexity index is 777. The van der Waals surface area contributed by atoms with E-state index in [9.17, 15) is 4.79 Å². The van der Waals surface area contributed by atoms with Crippen molar-refractivity contribution in [3.8, 4) is 11.5 Å². The zero-order chi connectivity index (χ0) is 20.0. The van der Waals surface area contributed by atoms with Gasteiger partial charge in [-0.15, -0.1) is 0 Å². The van der Waals surface area contributed by atoms with Crippen molar-refractivity contribution in [1.29, 1.82) is 0 Å². The summed E-state index contributed by atoms with van der Waals surface area (Å²) in [6.07, 6.45) is 2.00. The normalized spacial score (nSPS) is 13.1. The first-order chi connectivity index (χ1) is 12.8. The molecule has 0 aromatic heterocycles. The molecule has 0 spiro atoms. The predicted octanol–water partition coefficient (Wildman–Crippen LogP) is 5.50. The molecule has 0 fully saturated rings. The number of hydrogen-bond donors (Lipinski definition) is 0. The van der Waals surface area contributed by atoms with Crippen molar-refractivity contribution in [3.05, 3.63) is 52.5 Å². The molecule has 0 radical (unpaired) electrons. The summed E-state index contributed by atoms with van der Waals surface area (Å²) in [5.74, 6) is 1.47. The second kappa shape index (κ2) is 11.9. The molecule has 0 saturated heterocycles. The van der Waals surface area contributed by atoms with Gasteiger partial charge in [-0.3, -0.25) is 4.79 Å². The summed E-state index contributed by atoms with van der Waals surface area (Å²) < 4.78 is 12.0. The van der Waals surface area contributed by atoms with E-state index >= 15 is 0 Å². The molecular weight excluding hydrogens is 386 g/mol. The van der Waals surface area contributed by atoms with Crippen LogP contribution < -0.4 is 14.8 Å². The molecule has 0 aliphatic carbocycles. The van der Waals surface area contributed by atoms with Crippen molar-refractivity contribution in [2.24, 2.45) is 0 Å². The molecule has 3 atom stereocenters. The number of hydrogen-bond acceptors (Lipinski definition) is 3. The van der Waals surface area contributed by atoms with E-state index in [0.717, 1.165) is 29.5 Å². The molecule has 6 heteroatoms. The van der Waals surface area contributed by atoms with Crippen molar-refractivity contribution >= 4 is 49.9 Å². The maximum atomic E-state index is 12.9. The molecule has 2 rings (SSSR count). The first-order valence-corrected chi connectivity index (χ1v) is 10.8. The number of ether oxygens (including phenoxy) is 2. The standard InChI is InChI=1S/C22H28ClO3P.Li.H/c1-6-15(4)25-17-11-12-20(19(13-17)26-16(5)7-2)27-22(24)21-14(3)9-8-10-18(21)23;;/h8-13,15-16,27H,6-7H2,1-5H3;;. The van der Waals surface area contributed by atoms with Gasteiger partial charge in [0, 0.05) is 16.9 Å². The second-order valence-corrected chi connectivity index (χ2v) is 8.37. The fourth-order valence-electron chi connectivity index (χ4n) is 2.50. The third-order valence-corrected chi connectivity index (χ3v) is 5.94. The van der Waals surface area contributed by atoms with Gasteiger partial charge in [-0.1, -0.05) is 37.6 Å². The van der Waals surface area contributed by atoms with Gasteiger partial charge >= 0.3 is 18.9 Å². The summed E-state index contributed by atoms with van der Waals surface area (Å²) in [4.78, 5) is 12.9. The van der Waals surface area contributed by atoms with E-state index in [2.05, 4.69) is 13.8 Å². The van der Waals surface area contributed by atoms with Gasteiger partial charge in [0.2, 0.25) is 0 Å². The Morgan fingerprint density at radius 3 is 2.32 bits per heavy atom. The summed E-state index contributed by atoms with van der Waals surface area (Å²) in [5, 5.41) is 1.37. The van der Waals surface area contributed by atoms with Crippen LogP contribution in [0.5, 0.6) is 11.5 Å². The van der Waals surface area contributed by atoms with Crippen LogP contribution in [0.3, 0.4) is 0 Å². The van der Waals surface area contributed by atoms with E-state index in [4.69, 9.17) is 21.1 Å². The van der Waals surface area contributed by atoms with E-state index in [1.54, 1.807) is 6.07 Å². The zero-order valence-electron chi connectivity index (χ0n) is 16.6. The Morgan fingerprint density at radius 2 is 1.71 bits per heavy atom. The Morgan fingerprint density at radius 1 is 1.07 bits per heavy atom. The minimum atomic E-state index is -0.0631. The van der Waals surface area contributed by atoms with E-state index in [1.807, 2.05) is 51.1 Å². The fraction of sp³-hybridized carbons (Fsp3) is 0.409. The third-order valence-electron chi connectivity index (χ3n) is 4.47. The summed E-state index contributed by atoms with van der Waals surface area (Å²) in [6.45, 7) is 10.1. The molecule has 0 N–H and O–H groups in total. The summed E-state index contributed by atoms with van der Waals surface area (Å²) >= 11 is 6.27. The molecule has 148 valence electrons. The molecular formula is C22H29ClLiO3P. The number of benzene rings is 2. The minimum absolute atomic E-state index is 0. The Hall–Kier alpha value is -0.973. The van der Waals surface area contributed by atoms with Crippen LogP contribution in [0, 0.1) is 6.92 Å². The number of halogens is 1. The molecule has 0 heterocycles. The topological polar surface area (TPSA) is 35.5 Å². The summed E-state index contributed by atoms with van der Waals surface area (Å²) in [7, 11) is -0.0631. The molecule has 2 aromatic rings. The van der Waals surface area contributed by atoms with Gasteiger partial charge in [0.15, 0.2) is 5.52 Å². The second-order valence-electron chi connectivity index (χ2n) is 6.72. The van der Waals surface area contributed by atoms with Crippen LogP contribution in [0.25, 0.3) is 0 Å². The van der Waals surface area contributed by atoms with Gasteiger partial charge in [0.05, 0.1) is 17.2 Å². The SMILES string of the molecule is CCC(C)Oc1ccc(PC(=O)c2c(C)cccc2Cl)c(OC(C)CC)c1.[LiH]. The number of rotatable bonds is 9. The molecule has 3 nitrogen and oxygen atoms in total.